The Hall–Kier alpha value is 0.200. The molecule has 0 aromatic heterocycles. The minimum atomic E-state index is -3.81. The molecular formula is C6H11ClO3S. The van der Waals surface area contributed by atoms with Gasteiger partial charge in [0.15, 0.2) is 0 Å². The van der Waals surface area contributed by atoms with E-state index in [2.05, 4.69) is 0 Å². The summed E-state index contributed by atoms with van der Waals surface area (Å²) in [6.45, 7) is 0. The molecule has 1 aliphatic carbocycles. The van der Waals surface area contributed by atoms with Crippen molar-refractivity contribution >= 4 is 21.7 Å². The van der Waals surface area contributed by atoms with Gasteiger partial charge in [-0.1, -0.05) is 0 Å². The van der Waals surface area contributed by atoms with Crippen molar-refractivity contribution in [2.75, 3.05) is 0 Å². The number of halogens is 1. The van der Waals surface area contributed by atoms with E-state index in [1.807, 2.05) is 0 Å². The number of alkyl halides is 1. The summed E-state index contributed by atoms with van der Waals surface area (Å²) in [6.07, 6.45) is 2.36. The summed E-state index contributed by atoms with van der Waals surface area (Å²) in [6, 6.07) is 0. The quantitative estimate of drug-likeness (QED) is 0.512. The lowest BCUT2D eigenvalue weighted by Gasteiger charge is -2.21. The van der Waals surface area contributed by atoms with Gasteiger partial charge < -0.3 is 0 Å². The van der Waals surface area contributed by atoms with Gasteiger partial charge in [-0.25, -0.2) is 0 Å². The van der Waals surface area contributed by atoms with Gasteiger partial charge in [-0.3, -0.25) is 4.55 Å². The van der Waals surface area contributed by atoms with E-state index in [1.54, 1.807) is 0 Å². The predicted molar refractivity (Wildman–Crippen MR) is 43.4 cm³/mol. The van der Waals surface area contributed by atoms with E-state index in [9.17, 15) is 8.42 Å². The molecule has 0 unspecified atom stereocenters. The second-order valence-corrected chi connectivity index (χ2v) is 5.20. The fourth-order valence-electron chi connectivity index (χ4n) is 1.32. The third kappa shape index (κ3) is 2.61. The Kier molecular flexibility index (Phi) is 2.78. The van der Waals surface area contributed by atoms with Crippen LogP contribution in [0.25, 0.3) is 0 Å². The molecule has 11 heavy (non-hydrogen) atoms. The second kappa shape index (κ2) is 3.29. The first-order chi connectivity index (χ1) is 5.00. The van der Waals surface area contributed by atoms with Crippen LogP contribution in [0.15, 0.2) is 0 Å². The topological polar surface area (TPSA) is 54.4 Å². The molecule has 1 fully saturated rings. The standard InChI is InChI=1S/C6H11ClO3S/c7-5-1-3-6(4-2-5)11(8,9)10/h5-6H,1-4H2,(H,8,9,10). The van der Waals surface area contributed by atoms with Crippen molar-refractivity contribution in [2.45, 2.75) is 36.3 Å². The maximum atomic E-state index is 10.6. The molecule has 0 aromatic rings. The molecule has 0 radical (unpaired) electrons. The fraction of sp³-hybridized carbons (Fsp3) is 1.00. The third-order valence-corrected chi connectivity index (χ3v) is 3.78. The lowest BCUT2D eigenvalue weighted by Crippen LogP contribution is -2.26. The van der Waals surface area contributed by atoms with Crippen molar-refractivity contribution in [3.63, 3.8) is 0 Å². The van der Waals surface area contributed by atoms with Gasteiger partial charge in [0.2, 0.25) is 0 Å². The first-order valence-corrected chi connectivity index (χ1v) is 5.54. The number of hydrogen-bond acceptors (Lipinski definition) is 2. The van der Waals surface area contributed by atoms with Crippen LogP contribution in [0.2, 0.25) is 0 Å². The summed E-state index contributed by atoms with van der Waals surface area (Å²) >= 11 is 5.76. The zero-order chi connectivity index (χ0) is 8.48. The average Bonchev–Trinajstić information content (AvgIpc) is 1.86. The molecule has 3 nitrogen and oxygen atoms in total. The average molecular weight is 199 g/mol. The molecule has 66 valence electrons. The highest BCUT2D eigenvalue weighted by Crippen LogP contribution is 2.26. The smallest absolute Gasteiger partial charge is 0.267 e. The molecule has 0 amide bonds. The molecule has 0 bridgehead atoms. The maximum absolute atomic E-state index is 10.6. The minimum absolute atomic E-state index is 0.0907. The van der Waals surface area contributed by atoms with Gasteiger partial charge >= 0.3 is 0 Å². The number of rotatable bonds is 1. The largest absolute Gasteiger partial charge is 0.285 e. The first-order valence-electron chi connectivity index (χ1n) is 3.60. The summed E-state index contributed by atoms with van der Waals surface area (Å²) in [5.41, 5.74) is 0. The summed E-state index contributed by atoms with van der Waals surface area (Å²) < 4.78 is 29.9. The Bertz CT molecular complexity index is 216. The van der Waals surface area contributed by atoms with Gasteiger partial charge in [0.05, 0.1) is 5.25 Å². The molecule has 1 aliphatic rings. The lowest BCUT2D eigenvalue weighted by molar-refractivity contribution is 0.428. The molecule has 1 N–H and O–H groups in total. The Balaban J connectivity index is 2.53. The van der Waals surface area contributed by atoms with Crippen LogP contribution < -0.4 is 0 Å². The van der Waals surface area contributed by atoms with E-state index in [-0.39, 0.29) is 5.38 Å². The van der Waals surface area contributed by atoms with Gasteiger partial charge in [0.1, 0.15) is 0 Å². The Morgan fingerprint density at radius 2 is 1.64 bits per heavy atom. The van der Waals surface area contributed by atoms with E-state index in [4.69, 9.17) is 16.2 Å². The van der Waals surface area contributed by atoms with E-state index < -0.39 is 15.4 Å². The van der Waals surface area contributed by atoms with Crippen LogP contribution in [-0.4, -0.2) is 23.6 Å². The van der Waals surface area contributed by atoms with Gasteiger partial charge in [-0.05, 0) is 25.7 Å². The van der Waals surface area contributed by atoms with Crippen molar-refractivity contribution in [2.24, 2.45) is 0 Å². The Morgan fingerprint density at radius 3 is 2.00 bits per heavy atom. The van der Waals surface area contributed by atoms with Crippen molar-refractivity contribution in [1.82, 2.24) is 0 Å². The molecule has 1 saturated carbocycles. The molecule has 0 atom stereocenters. The highest BCUT2D eigenvalue weighted by atomic mass is 35.5. The summed E-state index contributed by atoms with van der Waals surface area (Å²) in [7, 11) is -3.81. The molecule has 0 aliphatic heterocycles. The zero-order valence-electron chi connectivity index (χ0n) is 6.03. The van der Waals surface area contributed by atoms with Crippen LogP contribution in [-0.2, 0) is 10.1 Å². The molecule has 5 heteroatoms. The van der Waals surface area contributed by atoms with Gasteiger partial charge in [0.25, 0.3) is 10.1 Å². The SMILES string of the molecule is O=S(=O)(O)C1CCC(Cl)CC1. The summed E-state index contributed by atoms with van der Waals surface area (Å²) in [4.78, 5) is 0. The van der Waals surface area contributed by atoms with Crippen molar-refractivity contribution in [3.05, 3.63) is 0 Å². The second-order valence-electron chi connectivity index (χ2n) is 2.89. The summed E-state index contributed by atoms with van der Waals surface area (Å²) in [5, 5.41) is -0.481. The van der Waals surface area contributed by atoms with Crippen LogP contribution >= 0.6 is 11.6 Å². The fourth-order valence-corrected chi connectivity index (χ4v) is 2.44. The van der Waals surface area contributed by atoms with Crippen molar-refractivity contribution < 1.29 is 13.0 Å². The number of hydrogen-bond donors (Lipinski definition) is 1. The normalized spacial score (nSPS) is 33.6. The first kappa shape index (κ1) is 9.29. The van der Waals surface area contributed by atoms with E-state index in [0.717, 1.165) is 0 Å². The molecule has 0 spiro atoms. The van der Waals surface area contributed by atoms with E-state index >= 15 is 0 Å². The summed E-state index contributed by atoms with van der Waals surface area (Å²) in [5.74, 6) is 0. The maximum Gasteiger partial charge on any atom is 0.267 e. The molecule has 0 saturated heterocycles. The molecule has 0 aromatic carbocycles. The van der Waals surface area contributed by atoms with Crippen molar-refractivity contribution in [3.8, 4) is 0 Å². The van der Waals surface area contributed by atoms with Gasteiger partial charge in [-0.2, -0.15) is 8.42 Å². The highest BCUT2D eigenvalue weighted by molar-refractivity contribution is 7.86. The third-order valence-electron chi connectivity index (χ3n) is 2.02. The van der Waals surface area contributed by atoms with Gasteiger partial charge in [-0.15, -0.1) is 11.6 Å². The van der Waals surface area contributed by atoms with Crippen LogP contribution in [0.5, 0.6) is 0 Å². The van der Waals surface area contributed by atoms with Crippen LogP contribution in [0, 0.1) is 0 Å². The highest BCUT2D eigenvalue weighted by Gasteiger charge is 2.28. The van der Waals surface area contributed by atoms with Gasteiger partial charge in [0, 0.05) is 5.38 Å². The zero-order valence-corrected chi connectivity index (χ0v) is 7.61. The monoisotopic (exact) mass is 198 g/mol. The molecular weight excluding hydrogens is 188 g/mol. The van der Waals surface area contributed by atoms with Crippen molar-refractivity contribution in [1.29, 1.82) is 0 Å². The van der Waals surface area contributed by atoms with Crippen LogP contribution in [0.3, 0.4) is 0 Å². The minimum Gasteiger partial charge on any atom is -0.285 e. The van der Waals surface area contributed by atoms with Crippen LogP contribution in [0.4, 0.5) is 0 Å². The van der Waals surface area contributed by atoms with E-state index in [0.29, 0.717) is 25.7 Å². The Morgan fingerprint density at radius 1 is 1.18 bits per heavy atom. The molecule has 0 heterocycles. The van der Waals surface area contributed by atoms with Crippen LogP contribution in [0.1, 0.15) is 25.7 Å². The predicted octanol–water partition coefficient (Wildman–Crippen LogP) is 1.42. The molecule has 1 rings (SSSR count). The van der Waals surface area contributed by atoms with E-state index in [1.165, 1.54) is 0 Å². The Labute approximate surface area is 71.5 Å². The lowest BCUT2D eigenvalue weighted by atomic mass is 10.00.